The van der Waals surface area contributed by atoms with Gasteiger partial charge in [-0.15, -0.1) is 0 Å². The molecule has 5 rings (SSSR count). The second-order valence-corrected chi connectivity index (χ2v) is 15.1. The summed E-state index contributed by atoms with van der Waals surface area (Å²) < 4.78 is 19.2. The van der Waals surface area contributed by atoms with Crippen LogP contribution in [0.3, 0.4) is 0 Å². The predicted octanol–water partition coefficient (Wildman–Crippen LogP) is 9.99. The molecule has 10 heteroatoms. The molecule has 2 aromatic carbocycles. The number of nitrogens with zero attached hydrogens (tertiary/aromatic N) is 1. The number of hydrogen-bond acceptors (Lipinski definition) is 8. The molecule has 1 saturated carbocycles. The first-order valence-corrected chi connectivity index (χ1v) is 18.8. The summed E-state index contributed by atoms with van der Waals surface area (Å²) in [5.74, 6) is -0.377. The smallest absolute Gasteiger partial charge is 0.225 e. The second-order valence-electron chi connectivity index (χ2n) is 14.6. The van der Waals surface area contributed by atoms with Gasteiger partial charge in [0.05, 0.1) is 34.1 Å². The van der Waals surface area contributed by atoms with Crippen LogP contribution in [0.15, 0.2) is 30.3 Å². The van der Waals surface area contributed by atoms with Crippen LogP contribution in [0.4, 0.5) is 17.1 Å². The number of anilines is 3. The van der Waals surface area contributed by atoms with Crippen LogP contribution in [0, 0.1) is 17.2 Å². The maximum atomic E-state index is 12.2. The lowest BCUT2D eigenvalue weighted by Crippen LogP contribution is -2.38. The molecule has 9 nitrogen and oxygen atoms in total. The summed E-state index contributed by atoms with van der Waals surface area (Å²) in [6.07, 6.45) is 17.5. The Labute approximate surface area is 297 Å². The number of phenols is 1. The van der Waals surface area contributed by atoms with Crippen molar-refractivity contribution in [1.82, 2.24) is 0 Å². The second kappa shape index (κ2) is 16.7. The topological polar surface area (TPSA) is 128 Å². The summed E-state index contributed by atoms with van der Waals surface area (Å²) in [4.78, 5) is 12.2. The van der Waals surface area contributed by atoms with Gasteiger partial charge in [0.25, 0.3) is 0 Å². The number of nitrogens with one attached hydrogen (secondary N) is 3. The fourth-order valence-electron chi connectivity index (χ4n) is 7.88. The van der Waals surface area contributed by atoms with E-state index in [4.69, 9.17) is 25.8 Å². The minimum atomic E-state index is -0.741. The van der Waals surface area contributed by atoms with Crippen molar-refractivity contribution >= 4 is 34.6 Å². The number of hydrogen-bond donors (Lipinski definition) is 4. The normalized spacial score (nSPS) is 23.7. The Morgan fingerprint density at radius 1 is 1.02 bits per heavy atom. The van der Waals surface area contributed by atoms with Gasteiger partial charge in [0, 0.05) is 23.8 Å². The zero-order valence-electron chi connectivity index (χ0n) is 29.6. The van der Waals surface area contributed by atoms with Gasteiger partial charge in [-0.2, -0.15) is 5.26 Å². The van der Waals surface area contributed by atoms with Crippen LogP contribution in [0.2, 0.25) is 5.02 Å². The molecule has 2 aromatic rings. The van der Waals surface area contributed by atoms with E-state index in [9.17, 15) is 15.2 Å². The Bertz CT molecular complexity index is 1480. The van der Waals surface area contributed by atoms with Gasteiger partial charge in [-0.1, -0.05) is 115 Å². The van der Waals surface area contributed by atoms with E-state index in [1.807, 2.05) is 38.1 Å². The third kappa shape index (κ3) is 8.58. The van der Waals surface area contributed by atoms with Gasteiger partial charge in [-0.05, 0) is 37.5 Å². The molecule has 268 valence electrons. The molecule has 2 fully saturated rings. The highest BCUT2D eigenvalue weighted by Gasteiger charge is 2.74. The summed E-state index contributed by atoms with van der Waals surface area (Å²) in [6.45, 7) is 6.36. The average molecular weight is 695 g/mol. The Hall–Kier alpha value is -3.19. The molecule has 0 radical (unpaired) electrons. The Morgan fingerprint density at radius 2 is 1.71 bits per heavy atom. The van der Waals surface area contributed by atoms with Crippen molar-refractivity contribution in [2.75, 3.05) is 29.4 Å². The molecule has 1 amide bonds. The first kappa shape index (κ1) is 37.1. The van der Waals surface area contributed by atoms with Gasteiger partial charge in [0.15, 0.2) is 6.73 Å². The molecule has 3 unspecified atom stereocenters. The van der Waals surface area contributed by atoms with Crippen LogP contribution in [-0.4, -0.2) is 35.9 Å². The zero-order chi connectivity index (χ0) is 34.9. The molecule has 1 spiro atoms. The molecule has 0 bridgehead atoms. The van der Waals surface area contributed by atoms with Gasteiger partial charge in [0.1, 0.15) is 23.8 Å². The van der Waals surface area contributed by atoms with Gasteiger partial charge in [-0.25, -0.2) is 0 Å². The maximum absolute atomic E-state index is 12.2. The van der Waals surface area contributed by atoms with Crippen molar-refractivity contribution in [3.8, 4) is 17.6 Å². The van der Waals surface area contributed by atoms with E-state index in [-0.39, 0.29) is 37.5 Å². The van der Waals surface area contributed by atoms with Crippen molar-refractivity contribution in [1.29, 1.82) is 5.26 Å². The summed E-state index contributed by atoms with van der Waals surface area (Å²) in [7, 11) is 0. The summed E-state index contributed by atoms with van der Waals surface area (Å²) in [5, 5.41) is 30.8. The number of unbranched alkanes of at least 4 members (excludes halogenated alkanes) is 9. The number of nitriles is 1. The highest BCUT2D eigenvalue weighted by atomic mass is 35.5. The molecular weight excluding hydrogens is 640 g/mol. The number of ether oxygens (including phenoxy) is 3. The summed E-state index contributed by atoms with van der Waals surface area (Å²) in [6, 6.07) is 11.7. The summed E-state index contributed by atoms with van der Waals surface area (Å²) >= 11 is 6.53. The lowest BCUT2D eigenvalue weighted by molar-refractivity contribution is -0.117. The number of fused-ring (bicyclic) bond motifs is 1. The van der Waals surface area contributed by atoms with Crippen LogP contribution in [0.5, 0.6) is 11.5 Å². The number of amides is 1. The van der Waals surface area contributed by atoms with E-state index in [2.05, 4.69) is 28.9 Å². The molecule has 2 aliphatic heterocycles. The third-order valence-electron chi connectivity index (χ3n) is 10.6. The number of rotatable bonds is 19. The highest BCUT2D eigenvalue weighted by molar-refractivity contribution is 6.34. The first-order chi connectivity index (χ1) is 23.7. The van der Waals surface area contributed by atoms with E-state index in [0.717, 1.165) is 50.6 Å². The quantitative estimate of drug-likeness (QED) is 0.0495. The van der Waals surface area contributed by atoms with Crippen LogP contribution in [0.25, 0.3) is 0 Å². The molecule has 49 heavy (non-hydrogen) atoms. The van der Waals surface area contributed by atoms with Gasteiger partial charge in [0.2, 0.25) is 11.7 Å². The fourth-order valence-corrected chi connectivity index (χ4v) is 8.13. The molecule has 1 saturated heterocycles. The molecule has 3 atom stereocenters. The van der Waals surface area contributed by atoms with Gasteiger partial charge >= 0.3 is 0 Å². The van der Waals surface area contributed by atoms with Crippen LogP contribution >= 0.6 is 11.6 Å². The van der Waals surface area contributed by atoms with Crippen LogP contribution in [0.1, 0.15) is 129 Å². The van der Waals surface area contributed by atoms with E-state index >= 15 is 0 Å². The average Bonchev–Trinajstić information content (AvgIpc) is 3.69. The minimum Gasteiger partial charge on any atom is -0.505 e. The third-order valence-corrected chi connectivity index (χ3v) is 10.9. The lowest BCUT2D eigenvalue weighted by atomic mass is 9.75. The zero-order valence-corrected chi connectivity index (χ0v) is 30.4. The Balaban J connectivity index is 1.15. The van der Waals surface area contributed by atoms with Crippen molar-refractivity contribution in [2.45, 2.75) is 140 Å². The van der Waals surface area contributed by atoms with Crippen molar-refractivity contribution in [3.63, 3.8) is 0 Å². The minimum absolute atomic E-state index is 0.0391. The van der Waals surface area contributed by atoms with Gasteiger partial charge < -0.3 is 35.3 Å². The number of phenolic OH excluding ortho intramolecular Hbond substituents is 1. The molecule has 1 aliphatic carbocycles. The first-order valence-electron chi connectivity index (χ1n) is 18.5. The fraction of sp³-hybridized carbons (Fsp3) is 0.641. The SMILES string of the molecule is CCCCCCCCCCCCC1(OCNc2ccccc2OCNc2cc(Cl)c3c(c2O)C(C)(C)CC(=O)N3)OC12CCCCC2C#N. The maximum Gasteiger partial charge on any atom is 0.225 e. The van der Waals surface area contributed by atoms with Crippen molar-refractivity contribution < 1.29 is 24.1 Å². The largest absolute Gasteiger partial charge is 0.505 e. The molecular formula is C39H55ClN4O5. The molecule has 3 aliphatic rings. The number of epoxide rings is 1. The highest BCUT2D eigenvalue weighted by Crippen LogP contribution is 2.62. The van der Waals surface area contributed by atoms with E-state index in [0.29, 0.717) is 27.7 Å². The van der Waals surface area contributed by atoms with E-state index in [1.165, 1.54) is 51.4 Å². The van der Waals surface area contributed by atoms with Crippen LogP contribution in [-0.2, 0) is 19.7 Å². The number of aromatic hydroxyl groups is 1. The van der Waals surface area contributed by atoms with Crippen LogP contribution < -0.4 is 20.7 Å². The van der Waals surface area contributed by atoms with Crippen molar-refractivity contribution in [2.24, 2.45) is 5.92 Å². The standard InChI is InChI=1S/C39H55ClN4O5/c1-4-5-6-7-8-9-10-11-12-16-22-39(38(49-39)21-17-15-18-28(38)25-41)48-27-43-30-19-13-14-20-32(30)47-26-42-31-23-29(40)35-34(36(31)46)37(2,3)24-33(45)44-35/h13-14,19-20,23,28,42-43,46H,4-12,15-18,21-22,24,26-27H2,1-3H3,(H,44,45). The van der Waals surface area contributed by atoms with E-state index in [1.54, 1.807) is 6.07 Å². The Morgan fingerprint density at radius 3 is 2.45 bits per heavy atom. The molecule has 0 aromatic heterocycles. The monoisotopic (exact) mass is 694 g/mol. The number of benzene rings is 2. The number of halogens is 1. The Kier molecular flexibility index (Phi) is 12.6. The van der Waals surface area contributed by atoms with E-state index < -0.39 is 16.8 Å². The predicted molar refractivity (Wildman–Crippen MR) is 195 cm³/mol. The molecule has 4 N–H and O–H groups in total. The number of carbonyl (C=O) groups is 1. The lowest BCUT2D eigenvalue weighted by Gasteiger charge is -2.34. The molecule has 2 heterocycles. The van der Waals surface area contributed by atoms with Gasteiger partial charge in [-0.3, -0.25) is 4.79 Å². The summed E-state index contributed by atoms with van der Waals surface area (Å²) in [5.41, 5.74) is 1.13. The number of carbonyl (C=O) groups excluding carboxylic acids is 1. The van der Waals surface area contributed by atoms with Crippen molar-refractivity contribution in [3.05, 3.63) is 40.9 Å². The number of para-hydroxylation sites is 2.